The van der Waals surface area contributed by atoms with Gasteiger partial charge in [-0.15, -0.1) is 0 Å². The van der Waals surface area contributed by atoms with Crippen molar-refractivity contribution in [3.05, 3.63) is 185 Å². The summed E-state index contributed by atoms with van der Waals surface area (Å²) in [7, 11) is 0. The van der Waals surface area contributed by atoms with Gasteiger partial charge in [0.15, 0.2) is 0 Å². The van der Waals surface area contributed by atoms with E-state index in [1.54, 1.807) is 0 Å². The van der Waals surface area contributed by atoms with Gasteiger partial charge in [0, 0.05) is 27.8 Å². The summed E-state index contributed by atoms with van der Waals surface area (Å²) in [5, 5.41) is 11.9. The second kappa shape index (κ2) is 10.2. The van der Waals surface area contributed by atoms with E-state index in [1.165, 1.54) is 88.7 Å². The van der Waals surface area contributed by atoms with Crippen LogP contribution in [0.1, 0.15) is 53.1 Å². The number of hydrogen-bond acceptors (Lipinski definition) is 1. The van der Waals surface area contributed by atoms with Crippen LogP contribution in [-0.2, 0) is 5.41 Å². The van der Waals surface area contributed by atoms with Crippen molar-refractivity contribution in [2.75, 3.05) is 0 Å². The van der Waals surface area contributed by atoms with E-state index < -0.39 is 0 Å². The molecule has 0 amide bonds. The van der Waals surface area contributed by atoms with Crippen LogP contribution in [0.25, 0.3) is 60.9 Å². The normalized spacial score (nSPS) is 15.1. The highest BCUT2D eigenvalue weighted by Crippen LogP contribution is 2.51. The van der Waals surface area contributed by atoms with Crippen molar-refractivity contribution < 1.29 is 0 Å². The van der Waals surface area contributed by atoms with E-state index >= 15 is 0 Å². The smallest absolute Gasteiger partial charge is 0.0991 e. The van der Waals surface area contributed by atoms with Gasteiger partial charge in [-0.1, -0.05) is 117 Å². The molecule has 0 bridgehead atoms. The first-order valence-corrected chi connectivity index (χ1v) is 17.0. The fraction of sp³-hybridized carbons (Fsp3) is 0.0851. The molecule has 2 heteroatoms. The summed E-state index contributed by atoms with van der Waals surface area (Å²) in [6.07, 6.45) is 0. The molecule has 10 rings (SSSR count). The van der Waals surface area contributed by atoms with Gasteiger partial charge in [-0.05, 0) is 110 Å². The molecular weight excluding hydrogens is 593 g/mol. The highest BCUT2D eigenvalue weighted by atomic mass is 15.0. The third-order valence-corrected chi connectivity index (χ3v) is 11.1. The predicted octanol–water partition coefficient (Wildman–Crippen LogP) is 11.8. The summed E-state index contributed by atoms with van der Waals surface area (Å²) < 4.78 is 2.43. The average Bonchev–Trinajstić information content (AvgIpc) is 3.74. The molecule has 8 aromatic rings. The van der Waals surface area contributed by atoms with Gasteiger partial charge >= 0.3 is 0 Å². The lowest BCUT2D eigenvalue weighted by atomic mass is 9.82. The Balaban J connectivity index is 1.11. The first-order chi connectivity index (χ1) is 24.0. The van der Waals surface area contributed by atoms with Crippen LogP contribution in [0.15, 0.2) is 152 Å². The Bertz CT molecular complexity index is 2700. The van der Waals surface area contributed by atoms with Crippen molar-refractivity contribution in [1.29, 1.82) is 5.26 Å². The van der Waals surface area contributed by atoms with Gasteiger partial charge in [0.2, 0.25) is 0 Å². The van der Waals surface area contributed by atoms with E-state index in [9.17, 15) is 5.26 Å². The van der Waals surface area contributed by atoms with Gasteiger partial charge in [0.1, 0.15) is 0 Å². The van der Waals surface area contributed by atoms with Crippen molar-refractivity contribution in [1.82, 2.24) is 4.57 Å². The Hall–Kier alpha value is -6.17. The number of nitriles is 1. The molecule has 1 heterocycles. The Labute approximate surface area is 286 Å². The lowest BCUT2D eigenvalue weighted by Gasteiger charge is -2.21. The fourth-order valence-corrected chi connectivity index (χ4v) is 8.77. The summed E-state index contributed by atoms with van der Waals surface area (Å²) in [6.45, 7) is 4.67. The van der Waals surface area contributed by atoms with E-state index in [0.717, 1.165) is 0 Å². The topological polar surface area (TPSA) is 28.7 Å². The molecule has 1 aromatic heterocycles. The Morgan fingerprint density at radius 3 is 2.06 bits per heavy atom. The van der Waals surface area contributed by atoms with Crippen molar-refractivity contribution in [2.45, 2.75) is 25.2 Å². The molecule has 0 saturated carbocycles. The van der Waals surface area contributed by atoms with Gasteiger partial charge in [0.05, 0.1) is 22.7 Å². The first kappa shape index (κ1) is 27.9. The second-order valence-electron chi connectivity index (χ2n) is 14.0. The molecule has 7 aromatic carbocycles. The molecule has 230 valence electrons. The third-order valence-electron chi connectivity index (χ3n) is 11.1. The maximum absolute atomic E-state index is 9.36. The van der Waals surface area contributed by atoms with E-state index in [2.05, 4.69) is 164 Å². The summed E-state index contributed by atoms with van der Waals surface area (Å²) in [4.78, 5) is 0. The number of hydrogen-bond donors (Lipinski definition) is 0. The molecule has 2 aliphatic rings. The van der Waals surface area contributed by atoms with Gasteiger partial charge in [-0.3, -0.25) is 0 Å². The molecule has 0 saturated heterocycles. The van der Waals surface area contributed by atoms with E-state index in [0.29, 0.717) is 5.56 Å². The zero-order valence-electron chi connectivity index (χ0n) is 27.4. The third kappa shape index (κ3) is 3.94. The molecule has 49 heavy (non-hydrogen) atoms. The summed E-state index contributed by atoms with van der Waals surface area (Å²) in [5.41, 5.74) is 18.6. The van der Waals surface area contributed by atoms with Crippen LogP contribution in [0.4, 0.5) is 0 Å². The highest BCUT2D eigenvalue weighted by Gasteiger charge is 2.35. The van der Waals surface area contributed by atoms with Crippen LogP contribution < -0.4 is 0 Å². The molecule has 1 atom stereocenters. The minimum absolute atomic E-state index is 0.0153. The molecule has 0 spiro atoms. The minimum Gasteiger partial charge on any atom is -0.309 e. The zero-order chi connectivity index (χ0) is 32.9. The van der Waals surface area contributed by atoms with Gasteiger partial charge in [-0.2, -0.15) is 5.26 Å². The molecule has 0 N–H and O–H groups in total. The minimum atomic E-state index is -0.0153. The summed E-state index contributed by atoms with van der Waals surface area (Å²) in [5.74, 6) is 0.151. The summed E-state index contributed by atoms with van der Waals surface area (Å²) >= 11 is 0. The van der Waals surface area contributed by atoms with Crippen molar-refractivity contribution in [3.63, 3.8) is 0 Å². The van der Waals surface area contributed by atoms with Crippen molar-refractivity contribution in [2.24, 2.45) is 0 Å². The van der Waals surface area contributed by atoms with E-state index in [-0.39, 0.29) is 11.3 Å². The standard InChI is InChI=1S/C47H32N2/c1-47(2)42-13-7-5-10-35(42)40-27-33(21-23-43(40)47)49-44-14-8-6-11-36(44)41-26-32(20-24-45(41)49)31-19-22-38-39(25-31)34-9-3-4-12-37(34)46(38)30-17-15-29(28-48)16-18-30/h3-27,46H,1-2H3. The van der Waals surface area contributed by atoms with E-state index in [4.69, 9.17) is 0 Å². The molecule has 0 fully saturated rings. The average molecular weight is 625 g/mol. The van der Waals surface area contributed by atoms with Gasteiger partial charge < -0.3 is 4.57 Å². The lowest BCUT2D eigenvalue weighted by Crippen LogP contribution is -2.14. The van der Waals surface area contributed by atoms with Gasteiger partial charge in [0.25, 0.3) is 0 Å². The molecule has 0 aliphatic heterocycles. The Morgan fingerprint density at radius 2 is 1.20 bits per heavy atom. The fourth-order valence-electron chi connectivity index (χ4n) is 8.77. The van der Waals surface area contributed by atoms with Crippen LogP contribution >= 0.6 is 0 Å². The number of rotatable bonds is 3. The SMILES string of the molecule is CC1(C)c2ccccc2-c2cc(-n3c4ccccc4c4cc(-c5ccc6c(c5)-c5ccccc5C6c5ccc(C#N)cc5)ccc43)ccc21. The number of aromatic nitrogens is 1. The van der Waals surface area contributed by atoms with Crippen LogP contribution in [0.5, 0.6) is 0 Å². The maximum atomic E-state index is 9.36. The Kier molecular flexibility index (Phi) is 5.79. The molecule has 0 radical (unpaired) electrons. The van der Waals surface area contributed by atoms with Crippen molar-refractivity contribution in [3.8, 4) is 45.1 Å². The molecule has 2 aliphatic carbocycles. The predicted molar refractivity (Wildman–Crippen MR) is 201 cm³/mol. The molecule has 2 nitrogen and oxygen atoms in total. The lowest BCUT2D eigenvalue weighted by molar-refractivity contribution is 0.660. The second-order valence-corrected chi connectivity index (χ2v) is 14.0. The largest absolute Gasteiger partial charge is 0.309 e. The first-order valence-electron chi connectivity index (χ1n) is 17.0. The quantitative estimate of drug-likeness (QED) is 0.192. The number of fused-ring (bicyclic) bond motifs is 9. The van der Waals surface area contributed by atoms with Crippen LogP contribution in [0, 0.1) is 11.3 Å². The summed E-state index contributed by atoms with van der Waals surface area (Å²) in [6, 6.07) is 57.7. The maximum Gasteiger partial charge on any atom is 0.0991 e. The van der Waals surface area contributed by atoms with Crippen LogP contribution in [0.3, 0.4) is 0 Å². The molecule has 1 unspecified atom stereocenters. The molecular formula is C47H32N2. The van der Waals surface area contributed by atoms with Crippen LogP contribution in [0.2, 0.25) is 0 Å². The number of para-hydroxylation sites is 1. The number of benzene rings is 7. The Morgan fingerprint density at radius 1 is 0.531 bits per heavy atom. The number of nitrogens with zero attached hydrogens (tertiary/aromatic N) is 2. The monoisotopic (exact) mass is 624 g/mol. The van der Waals surface area contributed by atoms with E-state index in [1.807, 2.05) is 12.1 Å². The highest BCUT2D eigenvalue weighted by molar-refractivity contribution is 6.10. The zero-order valence-corrected chi connectivity index (χ0v) is 27.4. The van der Waals surface area contributed by atoms with Crippen molar-refractivity contribution >= 4 is 21.8 Å². The van der Waals surface area contributed by atoms with Gasteiger partial charge in [-0.25, -0.2) is 0 Å². The van der Waals surface area contributed by atoms with Crippen LogP contribution in [-0.4, -0.2) is 4.57 Å².